The molecule has 0 bridgehead atoms. The fourth-order valence-electron chi connectivity index (χ4n) is 2.45. The van der Waals surface area contributed by atoms with Gasteiger partial charge in [0.15, 0.2) is 17.5 Å². The number of nitrogens with one attached hydrogen (secondary N) is 2. The largest absolute Gasteiger partial charge is 0.493 e. The number of ether oxygens (including phenoxy) is 2. The molecular formula is C20H31IN4O2S. The number of hydrogen-bond acceptors (Lipinski definition) is 5. The number of anilines is 1. The SMILES string of the molecule is CCNC(=NCCc1csc(C(C)C)n1)Nc1ccc(OC)c(OCC)c1.I. The molecule has 0 fully saturated rings. The van der Waals surface area contributed by atoms with Gasteiger partial charge in [-0.1, -0.05) is 13.8 Å². The Morgan fingerprint density at radius 1 is 1.25 bits per heavy atom. The van der Waals surface area contributed by atoms with Gasteiger partial charge in [0.25, 0.3) is 0 Å². The van der Waals surface area contributed by atoms with Crippen molar-refractivity contribution in [3.63, 3.8) is 0 Å². The molecule has 0 radical (unpaired) electrons. The van der Waals surface area contributed by atoms with Gasteiger partial charge in [0.1, 0.15) is 0 Å². The molecule has 2 aromatic rings. The standard InChI is InChI=1S/C20H30N4O2S.HI/c1-6-21-20(22-11-10-16-13-27-19(23-16)14(3)4)24-15-8-9-17(25-5)18(12-15)26-7-2;/h8-9,12-14H,6-7,10-11H2,1-5H3,(H2,21,22,24);1H. The molecule has 1 aromatic heterocycles. The molecule has 0 aliphatic carbocycles. The monoisotopic (exact) mass is 518 g/mol. The first-order chi connectivity index (χ1) is 13.1. The van der Waals surface area contributed by atoms with Crippen molar-refractivity contribution in [2.75, 3.05) is 32.1 Å². The molecule has 0 saturated carbocycles. The van der Waals surface area contributed by atoms with Crippen LogP contribution in [0.4, 0.5) is 5.69 Å². The van der Waals surface area contributed by atoms with Crippen LogP contribution in [0.1, 0.15) is 44.3 Å². The Morgan fingerprint density at radius 2 is 2.04 bits per heavy atom. The van der Waals surface area contributed by atoms with Crippen molar-refractivity contribution in [3.8, 4) is 11.5 Å². The molecule has 8 heteroatoms. The van der Waals surface area contributed by atoms with Crippen LogP contribution in [0.25, 0.3) is 0 Å². The average Bonchev–Trinajstić information content (AvgIpc) is 3.12. The minimum absolute atomic E-state index is 0. The van der Waals surface area contributed by atoms with Gasteiger partial charge in [0, 0.05) is 42.6 Å². The Kier molecular flexibility index (Phi) is 11.2. The number of aliphatic imine (C=N–C) groups is 1. The fraction of sp³-hybridized carbons (Fsp3) is 0.500. The van der Waals surface area contributed by atoms with Crippen LogP contribution in [0.5, 0.6) is 11.5 Å². The minimum atomic E-state index is 0. The van der Waals surface area contributed by atoms with Gasteiger partial charge in [-0.3, -0.25) is 4.99 Å². The molecule has 28 heavy (non-hydrogen) atoms. The maximum absolute atomic E-state index is 5.64. The molecule has 0 aliphatic rings. The van der Waals surface area contributed by atoms with Gasteiger partial charge in [-0.05, 0) is 26.0 Å². The third kappa shape index (κ3) is 7.46. The van der Waals surface area contributed by atoms with Gasteiger partial charge in [-0.25, -0.2) is 4.98 Å². The Bertz CT molecular complexity index is 750. The topological polar surface area (TPSA) is 67.8 Å². The Hall–Kier alpha value is -1.55. The molecule has 0 amide bonds. The van der Waals surface area contributed by atoms with Crippen molar-refractivity contribution in [2.45, 2.75) is 40.0 Å². The zero-order valence-electron chi connectivity index (χ0n) is 17.2. The molecule has 156 valence electrons. The van der Waals surface area contributed by atoms with Gasteiger partial charge >= 0.3 is 0 Å². The van der Waals surface area contributed by atoms with E-state index in [9.17, 15) is 0 Å². The van der Waals surface area contributed by atoms with Gasteiger partial charge in [-0.2, -0.15) is 0 Å². The van der Waals surface area contributed by atoms with E-state index in [0.717, 1.165) is 30.3 Å². The first-order valence-corrected chi connectivity index (χ1v) is 10.3. The molecule has 1 aromatic carbocycles. The molecular weight excluding hydrogens is 487 g/mol. The van der Waals surface area contributed by atoms with Crippen LogP contribution < -0.4 is 20.1 Å². The molecule has 0 atom stereocenters. The third-order valence-electron chi connectivity index (χ3n) is 3.77. The summed E-state index contributed by atoms with van der Waals surface area (Å²) in [6.45, 7) is 10.4. The van der Waals surface area contributed by atoms with Crippen molar-refractivity contribution in [3.05, 3.63) is 34.3 Å². The van der Waals surface area contributed by atoms with Gasteiger partial charge in [0.05, 0.1) is 24.4 Å². The summed E-state index contributed by atoms with van der Waals surface area (Å²) in [4.78, 5) is 9.33. The Balaban J connectivity index is 0.00000392. The lowest BCUT2D eigenvalue weighted by Crippen LogP contribution is -2.30. The van der Waals surface area contributed by atoms with E-state index in [0.29, 0.717) is 30.6 Å². The number of halogens is 1. The summed E-state index contributed by atoms with van der Waals surface area (Å²) in [5.74, 6) is 2.64. The highest BCUT2D eigenvalue weighted by Crippen LogP contribution is 2.30. The van der Waals surface area contributed by atoms with E-state index < -0.39 is 0 Å². The Morgan fingerprint density at radius 3 is 2.64 bits per heavy atom. The van der Waals surface area contributed by atoms with Crippen LogP contribution in [0, 0.1) is 0 Å². The summed E-state index contributed by atoms with van der Waals surface area (Å²) in [7, 11) is 1.64. The number of benzene rings is 1. The maximum Gasteiger partial charge on any atom is 0.195 e. The molecule has 1 heterocycles. The van der Waals surface area contributed by atoms with Crippen LogP contribution in [0.3, 0.4) is 0 Å². The van der Waals surface area contributed by atoms with Crippen molar-refractivity contribution in [1.29, 1.82) is 0 Å². The summed E-state index contributed by atoms with van der Waals surface area (Å²) in [5, 5.41) is 9.90. The third-order valence-corrected chi connectivity index (χ3v) is 4.97. The van der Waals surface area contributed by atoms with Gasteiger partial charge in [0.2, 0.25) is 0 Å². The molecule has 0 unspecified atom stereocenters. The predicted molar refractivity (Wildman–Crippen MR) is 129 cm³/mol. The van der Waals surface area contributed by atoms with Crippen LogP contribution in [-0.4, -0.2) is 37.7 Å². The smallest absolute Gasteiger partial charge is 0.195 e. The van der Waals surface area contributed by atoms with E-state index in [1.54, 1.807) is 18.4 Å². The zero-order chi connectivity index (χ0) is 19.6. The number of nitrogens with zero attached hydrogens (tertiary/aromatic N) is 2. The number of aromatic nitrogens is 1. The van der Waals surface area contributed by atoms with Crippen LogP contribution in [-0.2, 0) is 6.42 Å². The lowest BCUT2D eigenvalue weighted by atomic mass is 10.2. The number of hydrogen-bond donors (Lipinski definition) is 2. The van der Waals surface area contributed by atoms with Crippen LogP contribution >= 0.6 is 35.3 Å². The molecule has 6 nitrogen and oxygen atoms in total. The van der Waals surface area contributed by atoms with E-state index in [2.05, 4.69) is 39.8 Å². The van der Waals surface area contributed by atoms with Crippen molar-refractivity contribution < 1.29 is 9.47 Å². The number of thiazole rings is 1. The van der Waals surface area contributed by atoms with Crippen LogP contribution in [0.2, 0.25) is 0 Å². The minimum Gasteiger partial charge on any atom is -0.493 e. The van der Waals surface area contributed by atoms with E-state index in [1.807, 2.05) is 32.0 Å². The summed E-state index contributed by atoms with van der Waals surface area (Å²) in [6.07, 6.45) is 0.826. The Labute approximate surface area is 189 Å². The molecule has 2 N–H and O–H groups in total. The quantitative estimate of drug-likeness (QED) is 0.281. The predicted octanol–water partition coefficient (Wildman–Crippen LogP) is 4.91. The second kappa shape index (κ2) is 12.8. The van der Waals surface area contributed by atoms with E-state index in [-0.39, 0.29) is 24.0 Å². The second-order valence-corrected chi connectivity index (χ2v) is 7.16. The highest BCUT2D eigenvalue weighted by atomic mass is 127. The van der Waals surface area contributed by atoms with Crippen molar-refractivity contribution in [2.24, 2.45) is 4.99 Å². The first kappa shape index (κ1) is 24.5. The molecule has 0 spiro atoms. The summed E-state index contributed by atoms with van der Waals surface area (Å²) in [6, 6.07) is 5.76. The first-order valence-electron chi connectivity index (χ1n) is 9.37. The molecule has 0 saturated heterocycles. The summed E-state index contributed by atoms with van der Waals surface area (Å²) in [5.41, 5.74) is 2.00. The van der Waals surface area contributed by atoms with Gasteiger partial charge < -0.3 is 20.1 Å². The van der Waals surface area contributed by atoms with Gasteiger partial charge in [-0.15, -0.1) is 35.3 Å². The van der Waals surface area contributed by atoms with E-state index >= 15 is 0 Å². The van der Waals surface area contributed by atoms with E-state index in [1.165, 1.54) is 5.01 Å². The fourth-order valence-corrected chi connectivity index (χ4v) is 3.32. The number of rotatable bonds is 9. The molecule has 0 aliphatic heterocycles. The number of methoxy groups -OCH3 is 1. The summed E-state index contributed by atoms with van der Waals surface area (Å²) >= 11 is 1.72. The second-order valence-electron chi connectivity index (χ2n) is 6.27. The van der Waals surface area contributed by atoms with Crippen LogP contribution in [0.15, 0.2) is 28.6 Å². The normalized spacial score (nSPS) is 11.1. The highest BCUT2D eigenvalue weighted by Gasteiger charge is 2.08. The molecule has 2 rings (SSSR count). The maximum atomic E-state index is 5.64. The average molecular weight is 518 g/mol. The highest BCUT2D eigenvalue weighted by molar-refractivity contribution is 14.0. The number of guanidine groups is 1. The lowest BCUT2D eigenvalue weighted by Gasteiger charge is -2.14. The summed E-state index contributed by atoms with van der Waals surface area (Å²) < 4.78 is 11.0. The van der Waals surface area contributed by atoms with Crippen molar-refractivity contribution >= 4 is 47.0 Å². The zero-order valence-corrected chi connectivity index (χ0v) is 20.4. The van der Waals surface area contributed by atoms with E-state index in [4.69, 9.17) is 9.47 Å². The lowest BCUT2D eigenvalue weighted by molar-refractivity contribution is 0.311. The van der Waals surface area contributed by atoms with Crippen molar-refractivity contribution in [1.82, 2.24) is 10.3 Å².